The van der Waals surface area contributed by atoms with Gasteiger partial charge in [-0.3, -0.25) is 14.4 Å². The molecule has 0 spiro atoms. The third-order valence-electron chi connectivity index (χ3n) is 11.8. The van der Waals surface area contributed by atoms with Gasteiger partial charge >= 0.3 is 17.9 Å². The van der Waals surface area contributed by atoms with E-state index < -0.39 is 6.10 Å². The van der Waals surface area contributed by atoms with E-state index in [1.54, 1.807) is 0 Å². The van der Waals surface area contributed by atoms with E-state index in [4.69, 9.17) is 14.2 Å². The standard InChI is InChI=1S/C53H100O6/c1-4-7-10-13-16-19-22-24-25-26-27-29-31-34-37-40-43-46-52(55)58-49-50(48-57-51(54)45-42-39-36-33-30-21-18-15-12-9-6-3)59-53(56)47-44-41-38-35-32-28-23-20-17-14-11-8-5-2/h20,23,50H,4-19,21-22,24-49H2,1-3H3/b23-20-. The number of hydrogen-bond donors (Lipinski definition) is 0. The van der Waals surface area contributed by atoms with Crippen molar-refractivity contribution in [1.82, 2.24) is 0 Å². The van der Waals surface area contributed by atoms with Crippen molar-refractivity contribution in [2.45, 2.75) is 297 Å². The van der Waals surface area contributed by atoms with E-state index in [0.29, 0.717) is 19.3 Å². The molecule has 0 bridgehead atoms. The van der Waals surface area contributed by atoms with Crippen molar-refractivity contribution in [2.24, 2.45) is 0 Å². The first-order valence-corrected chi connectivity index (χ1v) is 26.2. The normalized spacial score (nSPS) is 12.0. The maximum absolute atomic E-state index is 12.8. The minimum atomic E-state index is -0.767. The lowest BCUT2D eigenvalue weighted by molar-refractivity contribution is -0.167. The molecule has 0 N–H and O–H groups in total. The lowest BCUT2D eigenvalue weighted by Gasteiger charge is -2.18. The van der Waals surface area contributed by atoms with Crippen LogP contribution in [0.3, 0.4) is 0 Å². The average Bonchev–Trinajstić information content (AvgIpc) is 3.23. The quantitative estimate of drug-likeness (QED) is 0.0263. The Morgan fingerprint density at radius 3 is 0.864 bits per heavy atom. The average molecular weight is 833 g/mol. The van der Waals surface area contributed by atoms with Gasteiger partial charge in [0.1, 0.15) is 13.2 Å². The molecule has 59 heavy (non-hydrogen) atoms. The molecule has 0 amide bonds. The van der Waals surface area contributed by atoms with E-state index >= 15 is 0 Å². The molecule has 0 rings (SSSR count). The molecular weight excluding hydrogens is 733 g/mol. The van der Waals surface area contributed by atoms with Crippen LogP contribution >= 0.6 is 0 Å². The van der Waals surface area contributed by atoms with Crippen molar-refractivity contribution in [3.05, 3.63) is 12.2 Å². The number of ether oxygens (including phenoxy) is 3. The van der Waals surface area contributed by atoms with E-state index in [1.165, 1.54) is 186 Å². The van der Waals surface area contributed by atoms with Gasteiger partial charge in [-0.15, -0.1) is 0 Å². The highest BCUT2D eigenvalue weighted by Gasteiger charge is 2.19. The van der Waals surface area contributed by atoms with Crippen molar-refractivity contribution < 1.29 is 28.6 Å². The zero-order chi connectivity index (χ0) is 43.0. The fourth-order valence-corrected chi connectivity index (χ4v) is 7.79. The molecule has 6 heteroatoms. The summed E-state index contributed by atoms with van der Waals surface area (Å²) < 4.78 is 16.8. The van der Waals surface area contributed by atoms with Crippen LogP contribution in [-0.2, 0) is 28.6 Å². The Morgan fingerprint density at radius 1 is 0.322 bits per heavy atom. The Morgan fingerprint density at radius 2 is 0.559 bits per heavy atom. The highest BCUT2D eigenvalue weighted by Crippen LogP contribution is 2.16. The third kappa shape index (κ3) is 47.1. The SMILES string of the molecule is CCCCCC/C=C\CCCCCCCC(=O)OC(COC(=O)CCCCCCCCCCCCC)COC(=O)CCCCCCCCCCCCCCCCCCC. The molecular formula is C53H100O6. The van der Waals surface area contributed by atoms with Gasteiger partial charge in [0, 0.05) is 19.3 Å². The van der Waals surface area contributed by atoms with Crippen molar-refractivity contribution in [3.63, 3.8) is 0 Å². The van der Waals surface area contributed by atoms with Crippen molar-refractivity contribution >= 4 is 17.9 Å². The van der Waals surface area contributed by atoms with Crippen LogP contribution in [0.4, 0.5) is 0 Å². The number of hydrogen-bond acceptors (Lipinski definition) is 6. The van der Waals surface area contributed by atoms with Gasteiger partial charge in [0.05, 0.1) is 0 Å². The summed E-state index contributed by atoms with van der Waals surface area (Å²) in [6.07, 6.45) is 53.4. The van der Waals surface area contributed by atoms with E-state index in [0.717, 1.165) is 64.2 Å². The second-order valence-corrected chi connectivity index (χ2v) is 17.8. The van der Waals surface area contributed by atoms with Crippen LogP contribution in [0.15, 0.2) is 12.2 Å². The maximum Gasteiger partial charge on any atom is 0.306 e. The van der Waals surface area contributed by atoms with Gasteiger partial charge in [0.2, 0.25) is 0 Å². The summed E-state index contributed by atoms with van der Waals surface area (Å²) in [7, 11) is 0. The van der Waals surface area contributed by atoms with Crippen molar-refractivity contribution in [3.8, 4) is 0 Å². The van der Waals surface area contributed by atoms with Crippen LogP contribution in [0.25, 0.3) is 0 Å². The van der Waals surface area contributed by atoms with Gasteiger partial charge in [0.25, 0.3) is 0 Å². The Kier molecular flexibility index (Phi) is 47.3. The van der Waals surface area contributed by atoms with Gasteiger partial charge < -0.3 is 14.2 Å². The monoisotopic (exact) mass is 833 g/mol. The molecule has 0 aromatic heterocycles. The molecule has 6 nitrogen and oxygen atoms in total. The van der Waals surface area contributed by atoms with E-state index in [-0.39, 0.29) is 31.1 Å². The van der Waals surface area contributed by atoms with Crippen molar-refractivity contribution in [1.29, 1.82) is 0 Å². The predicted molar refractivity (Wildman–Crippen MR) is 252 cm³/mol. The zero-order valence-corrected chi connectivity index (χ0v) is 39.8. The molecule has 0 aliphatic heterocycles. The summed E-state index contributed by atoms with van der Waals surface area (Å²) in [5.74, 6) is -0.861. The highest BCUT2D eigenvalue weighted by molar-refractivity contribution is 5.71. The van der Waals surface area contributed by atoms with Crippen LogP contribution in [-0.4, -0.2) is 37.2 Å². The van der Waals surface area contributed by atoms with Gasteiger partial charge in [-0.05, 0) is 44.9 Å². The van der Waals surface area contributed by atoms with Gasteiger partial charge in [-0.2, -0.15) is 0 Å². The molecule has 0 aromatic carbocycles. The third-order valence-corrected chi connectivity index (χ3v) is 11.8. The molecule has 0 aromatic rings. The summed E-state index contributed by atoms with van der Waals surface area (Å²) in [5.41, 5.74) is 0. The molecule has 0 heterocycles. The molecule has 0 fully saturated rings. The fraction of sp³-hybridized carbons (Fsp3) is 0.906. The largest absolute Gasteiger partial charge is 0.462 e. The lowest BCUT2D eigenvalue weighted by Crippen LogP contribution is -2.30. The number of esters is 3. The minimum absolute atomic E-state index is 0.0681. The van der Waals surface area contributed by atoms with Crippen molar-refractivity contribution in [2.75, 3.05) is 13.2 Å². The summed E-state index contributed by atoms with van der Waals surface area (Å²) in [6.45, 7) is 6.65. The first-order chi connectivity index (χ1) is 29.0. The Bertz CT molecular complexity index is 916. The van der Waals surface area contributed by atoms with E-state index in [1.807, 2.05) is 0 Å². The number of carbonyl (C=O) groups excluding carboxylic acids is 3. The van der Waals surface area contributed by atoms with Gasteiger partial charge in [-0.1, -0.05) is 238 Å². The lowest BCUT2D eigenvalue weighted by atomic mass is 10.0. The minimum Gasteiger partial charge on any atom is -0.462 e. The molecule has 1 unspecified atom stereocenters. The summed E-state index contributed by atoms with van der Waals surface area (Å²) in [6, 6.07) is 0. The fourth-order valence-electron chi connectivity index (χ4n) is 7.79. The predicted octanol–water partition coefficient (Wildman–Crippen LogP) is 17.0. The molecule has 0 saturated carbocycles. The highest BCUT2D eigenvalue weighted by atomic mass is 16.6. The smallest absolute Gasteiger partial charge is 0.306 e. The van der Waals surface area contributed by atoms with Gasteiger partial charge in [0.15, 0.2) is 6.10 Å². The molecule has 0 radical (unpaired) electrons. The number of rotatable bonds is 48. The molecule has 0 aliphatic carbocycles. The van der Waals surface area contributed by atoms with Crippen LogP contribution in [0.1, 0.15) is 290 Å². The Hall–Kier alpha value is -1.85. The number of carbonyl (C=O) groups is 3. The van der Waals surface area contributed by atoms with Crippen LogP contribution < -0.4 is 0 Å². The van der Waals surface area contributed by atoms with E-state index in [2.05, 4.69) is 32.9 Å². The molecule has 0 saturated heterocycles. The molecule has 348 valence electrons. The zero-order valence-electron chi connectivity index (χ0n) is 39.8. The van der Waals surface area contributed by atoms with Crippen LogP contribution in [0.5, 0.6) is 0 Å². The topological polar surface area (TPSA) is 78.9 Å². The van der Waals surface area contributed by atoms with Gasteiger partial charge in [-0.25, -0.2) is 0 Å². The first kappa shape index (κ1) is 57.1. The summed E-state index contributed by atoms with van der Waals surface area (Å²) in [4.78, 5) is 37.9. The number of allylic oxidation sites excluding steroid dienone is 2. The van der Waals surface area contributed by atoms with Crippen LogP contribution in [0.2, 0.25) is 0 Å². The summed E-state index contributed by atoms with van der Waals surface area (Å²) in [5, 5.41) is 0. The van der Waals surface area contributed by atoms with Crippen LogP contribution in [0, 0.1) is 0 Å². The maximum atomic E-state index is 12.8. The first-order valence-electron chi connectivity index (χ1n) is 26.2. The van der Waals surface area contributed by atoms with E-state index in [9.17, 15) is 14.4 Å². The number of unbranched alkanes of at least 4 members (excludes halogenated alkanes) is 35. The second-order valence-electron chi connectivity index (χ2n) is 17.8. The summed E-state index contributed by atoms with van der Waals surface area (Å²) >= 11 is 0. The molecule has 0 aliphatic rings. The Balaban J connectivity index is 4.29. The second kappa shape index (κ2) is 48.8. The molecule has 1 atom stereocenters. The Labute approximate surface area is 367 Å².